The number of para-hydroxylation sites is 1. The Balaban J connectivity index is 1.63. The number of rotatable bonds is 1. The number of fused-ring (bicyclic) bond motifs is 5. The van der Waals surface area contributed by atoms with Crippen LogP contribution in [0.25, 0.3) is 10.9 Å². The SMILES string of the molecule is CN1CC(=O)N2[C@H](c3ccc4c(c3)OCO4)c3c(c4ccccc4n3O)C[C@@H]2C1=O. The lowest BCUT2D eigenvalue weighted by molar-refractivity contribution is -0.157. The van der Waals surface area contributed by atoms with Crippen LogP contribution in [-0.4, -0.2) is 58.0 Å². The summed E-state index contributed by atoms with van der Waals surface area (Å²) in [5.74, 6) is 0.975. The van der Waals surface area contributed by atoms with Crippen LogP contribution in [0.1, 0.15) is 22.9 Å². The molecule has 1 N–H and O–H groups in total. The third kappa shape index (κ3) is 2.16. The molecule has 8 nitrogen and oxygen atoms in total. The number of carbonyl (C=O) groups excluding carboxylic acids is 2. The van der Waals surface area contributed by atoms with E-state index in [-0.39, 0.29) is 25.2 Å². The van der Waals surface area contributed by atoms with E-state index in [1.165, 1.54) is 4.90 Å². The zero-order valence-electron chi connectivity index (χ0n) is 16.2. The molecule has 3 aromatic rings. The lowest BCUT2D eigenvalue weighted by atomic mass is 9.86. The summed E-state index contributed by atoms with van der Waals surface area (Å²) in [6.45, 7) is 0.154. The first kappa shape index (κ1) is 17.2. The third-order valence-electron chi connectivity index (χ3n) is 6.30. The molecule has 0 spiro atoms. The Morgan fingerprint density at radius 3 is 2.73 bits per heavy atom. The lowest BCUT2D eigenvalue weighted by Gasteiger charge is -2.46. The fraction of sp³-hybridized carbons (Fsp3) is 0.273. The summed E-state index contributed by atoms with van der Waals surface area (Å²) in [6, 6.07) is 11.8. The maximum atomic E-state index is 13.1. The molecular formula is C22H19N3O5. The fourth-order valence-electron chi connectivity index (χ4n) is 4.95. The minimum Gasteiger partial charge on any atom is -0.454 e. The van der Waals surface area contributed by atoms with E-state index in [9.17, 15) is 14.8 Å². The van der Waals surface area contributed by atoms with Gasteiger partial charge in [-0.15, -0.1) is 0 Å². The van der Waals surface area contributed by atoms with E-state index >= 15 is 0 Å². The first-order chi connectivity index (χ1) is 14.5. The second-order valence-electron chi connectivity index (χ2n) is 7.92. The van der Waals surface area contributed by atoms with E-state index in [1.807, 2.05) is 36.4 Å². The van der Waals surface area contributed by atoms with Gasteiger partial charge in [-0.3, -0.25) is 9.59 Å². The largest absolute Gasteiger partial charge is 0.454 e. The van der Waals surface area contributed by atoms with Gasteiger partial charge in [0.2, 0.25) is 18.6 Å². The van der Waals surface area contributed by atoms with Gasteiger partial charge in [0, 0.05) is 18.9 Å². The zero-order chi connectivity index (χ0) is 20.6. The van der Waals surface area contributed by atoms with Gasteiger partial charge in [-0.2, -0.15) is 4.73 Å². The Bertz CT molecular complexity index is 1230. The zero-order valence-corrected chi connectivity index (χ0v) is 16.2. The van der Waals surface area contributed by atoms with Crippen LogP contribution in [0.15, 0.2) is 42.5 Å². The first-order valence-corrected chi connectivity index (χ1v) is 9.81. The average molecular weight is 405 g/mol. The minimum absolute atomic E-state index is 0.0113. The molecule has 3 aliphatic heterocycles. The van der Waals surface area contributed by atoms with E-state index in [4.69, 9.17) is 9.47 Å². The molecule has 0 unspecified atom stereocenters. The van der Waals surface area contributed by atoms with Gasteiger partial charge in [-0.1, -0.05) is 24.3 Å². The van der Waals surface area contributed by atoms with E-state index in [2.05, 4.69) is 0 Å². The van der Waals surface area contributed by atoms with Crippen LogP contribution in [0.5, 0.6) is 11.5 Å². The Hall–Kier alpha value is -3.68. The van der Waals surface area contributed by atoms with Crippen molar-refractivity contribution in [3.63, 3.8) is 0 Å². The predicted octanol–water partition coefficient (Wildman–Crippen LogP) is 1.92. The van der Waals surface area contributed by atoms with E-state index in [1.54, 1.807) is 18.0 Å². The summed E-state index contributed by atoms with van der Waals surface area (Å²) in [5.41, 5.74) is 2.90. The molecule has 6 rings (SSSR count). The van der Waals surface area contributed by atoms with Crippen molar-refractivity contribution in [3.05, 3.63) is 59.3 Å². The van der Waals surface area contributed by atoms with Crippen LogP contribution in [0.3, 0.4) is 0 Å². The molecule has 1 fully saturated rings. The van der Waals surface area contributed by atoms with Crippen LogP contribution in [0.2, 0.25) is 0 Å². The Kier molecular flexibility index (Phi) is 3.39. The molecule has 30 heavy (non-hydrogen) atoms. The molecule has 0 radical (unpaired) electrons. The summed E-state index contributed by atoms with van der Waals surface area (Å²) < 4.78 is 12.1. The topological polar surface area (TPSA) is 84.2 Å². The molecule has 3 aliphatic rings. The maximum Gasteiger partial charge on any atom is 0.245 e. The van der Waals surface area contributed by atoms with Gasteiger partial charge in [-0.25, -0.2) is 0 Å². The fourth-order valence-corrected chi connectivity index (χ4v) is 4.95. The molecule has 152 valence electrons. The van der Waals surface area contributed by atoms with Crippen LogP contribution < -0.4 is 9.47 Å². The van der Waals surface area contributed by atoms with Gasteiger partial charge in [0.1, 0.15) is 12.1 Å². The number of carbonyl (C=O) groups is 2. The lowest BCUT2D eigenvalue weighted by Crippen LogP contribution is -2.62. The normalized spacial score (nSPS) is 22.4. The number of ether oxygens (including phenoxy) is 2. The molecule has 2 aromatic carbocycles. The highest BCUT2D eigenvalue weighted by molar-refractivity contribution is 5.97. The summed E-state index contributed by atoms with van der Waals surface area (Å²) in [5, 5.41) is 12.0. The quantitative estimate of drug-likeness (QED) is 0.626. The number of nitrogens with zero attached hydrogens (tertiary/aromatic N) is 3. The Morgan fingerprint density at radius 2 is 1.87 bits per heavy atom. The number of likely N-dealkylation sites (N-methyl/N-ethyl adjacent to an activating group) is 1. The first-order valence-electron chi connectivity index (χ1n) is 9.81. The van der Waals surface area contributed by atoms with Gasteiger partial charge >= 0.3 is 0 Å². The molecule has 1 aromatic heterocycles. The van der Waals surface area contributed by atoms with E-state index < -0.39 is 12.1 Å². The van der Waals surface area contributed by atoms with Gasteiger partial charge in [0.05, 0.1) is 17.8 Å². The van der Waals surface area contributed by atoms with Crippen LogP contribution in [0.4, 0.5) is 0 Å². The number of aromatic nitrogens is 1. The molecule has 0 bridgehead atoms. The molecular weight excluding hydrogens is 386 g/mol. The number of amides is 2. The van der Waals surface area contributed by atoms with Crippen molar-refractivity contribution in [2.45, 2.75) is 18.5 Å². The van der Waals surface area contributed by atoms with Crippen molar-refractivity contribution < 1.29 is 24.3 Å². The van der Waals surface area contributed by atoms with Crippen molar-refractivity contribution in [1.29, 1.82) is 0 Å². The Labute approximate surface area is 171 Å². The minimum atomic E-state index is -0.620. The maximum absolute atomic E-state index is 13.1. The van der Waals surface area contributed by atoms with Gasteiger partial charge in [-0.05, 0) is 29.3 Å². The molecule has 2 amide bonds. The standard InChI is InChI=1S/C22H19N3O5/c1-23-10-19(26)24-16(22(23)27)9-14-13-4-2-3-5-15(13)25(28)21(14)20(24)12-6-7-17-18(8-12)30-11-29-17/h2-8,16,20,28H,9-11H2,1H3/t16-,20-/m1/s1. The number of piperazine rings is 1. The molecule has 2 atom stereocenters. The monoisotopic (exact) mass is 405 g/mol. The average Bonchev–Trinajstić information content (AvgIpc) is 3.33. The van der Waals surface area contributed by atoms with Crippen molar-refractivity contribution in [1.82, 2.24) is 14.5 Å². The summed E-state index contributed by atoms with van der Waals surface area (Å²) in [6.07, 6.45) is 0.360. The smallest absolute Gasteiger partial charge is 0.245 e. The highest BCUT2D eigenvalue weighted by atomic mass is 16.7. The van der Waals surface area contributed by atoms with Crippen LogP contribution in [-0.2, 0) is 16.0 Å². The molecule has 8 heteroatoms. The van der Waals surface area contributed by atoms with Gasteiger partial charge < -0.3 is 24.5 Å². The second-order valence-corrected chi connectivity index (χ2v) is 7.92. The van der Waals surface area contributed by atoms with Gasteiger partial charge in [0.25, 0.3) is 0 Å². The van der Waals surface area contributed by atoms with Crippen molar-refractivity contribution in [2.24, 2.45) is 0 Å². The van der Waals surface area contributed by atoms with Crippen molar-refractivity contribution in [3.8, 4) is 11.5 Å². The Morgan fingerprint density at radius 1 is 1.07 bits per heavy atom. The molecule has 0 aliphatic carbocycles. The van der Waals surface area contributed by atoms with E-state index in [0.717, 1.165) is 21.2 Å². The molecule has 4 heterocycles. The van der Waals surface area contributed by atoms with Crippen molar-refractivity contribution >= 4 is 22.7 Å². The van der Waals surface area contributed by atoms with E-state index in [0.29, 0.717) is 29.1 Å². The van der Waals surface area contributed by atoms with Crippen LogP contribution in [0, 0.1) is 0 Å². The third-order valence-corrected chi connectivity index (χ3v) is 6.30. The molecule has 0 saturated carbocycles. The number of hydrogen-bond acceptors (Lipinski definition) is 5. The molecule has 1 saturated heterocycles. The predicted molar refractivity (Wildman–Crippen MR) is 106 cm³/mol. The summed E-state index contributed by atoms with van der Waals surface area (Å²) in [4.78, 5) is 29.3. The highest BCUT2D eigenvalue weighted by Crippen LogP contribution is 2.45. The number of hydrogen-bond donors (Lipinski definition) is 1. The number of benzene rings is 2. The summed E-state index contributed by atoms with van der Waals surface area (Å²) in [7, 11) is 1.65. The second kappa shape index (κ2) is 5.91. The van der Waals surface area contributed by atoms with Crippen molar-refractivity contribution in [2.75, 3.05) is 20.4 Å². The summed E-state index contributed by atoms with van der Waals surface area (Å²) >= 11 is 0. The highest BCUT2D eigenvalue weighted by Gasteiger charge is 2.48. The van der Waals surface area contributed by atoms with Gasteiger partial charge in [0.15, 0.2) is 11.5 Å². The van der Waals surface area contributed by atoms with Crippen LogP contribution >= 0.6 is 0 Å².